The lowest BCUT2D eigenvalue weighted by Gasteiger charge is -2.20. The van der Waals surface area contributed by atoms with Crippen LogP contribution in [-0.4, -0.2) is 22.9 Å². The Morgan fingerprint density at radius 3 is 2.55 bits per heavy atom. The van der Waals surface area contributed by atoms with Crippen LogP contribution in [0.3, 0.4) is 0 Å². The van der Waals surface area contributed by atoms with E-state index in [0.717, 1.165) is 24.3 Å². The minimum absolute atomic E-state index is 0.113. The fraction of sp³-hybridized carbons (Fsp3) is 0.333. The molecule has 0 radical (unpaired) electrons. The van der Waals surface area contributed by atoms with Crippen molar-refractivity contribution in [3.63, 3.8) is 0 Å². The number of nitrogens with zero attached hydrogens (tertiary/aromatic N) is 3. The van der Waals surface area contributed by atoms with E-state index in [2.05, 4.69) is 23.8 Å². The van der Waals surface area contributed by atoms with Crippen LogP contribution in [0, 0.1) is 0 Å². The second-order valence-electron chi connectivity index (χ2n) is 4.58. The number of aromatic nitrogens is 2. The molecule has 0 atom stereocenters. The molecule has 0 unspecified atom stereocenters. The van der Waals surface area contributed by atoms with Crippen LogP contribution in [0.5, 0.6) is 0 Å². The van der Waals surface area contributed by atoms with Gasteiger partial charge in [-0.25, -0.2) is 4.68 Å². The van der Waals surface area contributed by atoms with Gasteiger partial charge < -0.3 is 10.6 Å². The summed E-state index contributed by atoms with van der Waals surface area (Å²) >= 11 is 0. The number of benzene rings is 1. The zero-order valence-electron chi connectivity index (χ0n) is 11.9. The summed E-state index contributed by atoms with van der Waals surface area (Å²) in [7, 11) is 0. The van der Waals surface area contributed by atoms with E-state index in [1.54, 1.807) is 12.3 Å². The molecule has 0 bridgehead atoms. The Kier molecular flexibility index (Phi) is 4.40. The van der Waals surface area contributed by atoms with Crippen molar-refractivity contribution in [2.75, 3.05) is 23.7 Å². The molecule has 0 aliphatic heterocycles. The highest BCUT2D eigenvalue weighted by atomic mass is 16.1. The smallest absolute Gasteiger partial charge is 0.269 e. The van der Waals surface area contributed by atoms with E-state index in [-0.39, 0.29) is 5.56 Å². The third-order valence-electron chi connectivity index (χ3n) is 3.36. The van der Waals surface area contributed by atoms with Crippen LogP contribution >= 0.6 is 0 Å². The minimum Gasteiger partial charge on any atom is -0.398 e. The van der Waals surface area contributed by atoms with Crippen LogP contribution in [0.15, 0.2) is 41.3 Å². The molecule has 0 saturated carbocycles. The van der Waals surface area contributed by atoms with Gasteiger partial charge in [0, 0.05) is 24.8 Å². The zero-order chi connectivity index (χ0) is 14.5. The lowest BCUT2D eigenvalue weighted by Crippen LogP contribution is -2.28. The second kappa shape index (κ2) is 6.23. The van der Waals surface area contributed by atoms with Crippen molar-refractivity contribution in [2.45, 2.75) is 20.4 Å². The molecule has 2 N–H and O–H groups in total. The number of nitrogen functional groups attached to an aromatic ring is 1. The molecule has 106 valence electrons. The molecule has 0 saturated heterocycles. The van der Waals surface area contributed by atoms with Crippen LogP contribution in [0.1, 0.15) is 19.4 Å². The van der Waals surface area contributed by atoms with E-state index < -0.39 is 0 Å². The number of hydrogen-bond acceptors (Lipinski definition) is 4. The van der Waals surface area contributed by atoms with Gasteiger partial charge in [-0.15, -0.1) is 0 Å². The zero-order valence-corrected chi connectivity index (χ0v) is 11.9. The van der Waals surface area contributed by atoms with Gasteiger partial charge in [-0.05, 0) is 25.5 Å². The van der Waals surface area contributed by atoms with Crippen molar-refractivity contribution >= 4 is 11.4 Å². The van der Waals surface area contributed by atoms with Crippen LogP contribution < -0.4 is 16.2 Å². The molecule has 0 amide bonds. The van der Waals surface area contributed by atoms with Crippen LogP contribution in [0.25, 0.3) is 0 Å². The monoisotopic (exact) mass is 272 g/mol. The summed E-state index contributed by atoms with van der Waals surface area (Å²) in [5, 5.41) is 4.24. The maximum atomic E-state index is 12.1. The van der Waals surface area contributed by atoms with Gasteiger partial charge in [0.2, 0.25) is 0 Å². The molecule has 1 aromatic heterocycles. The predicted octanol–water partition coefficient (Wildman–Crippen LogP) is 1.72. The largest absolute Gasteiger partial charge is 0.398 e. The maximum Gasteiger partial charge on any atom is 0.269 e. The Labute approximate surface area is 118 Å². The topological polar surface area (TPSA) is 64.2 Å². The highest BCUT2D eigenvalue weighted by Crippen LogP contribution is 2.12. The second-order valence-corrected chi connectivity index (χ2v) is 4.58. The average molecular weight is 272 g/mol. The highest BCUT2D eigenvalue weighted by molar-refractivity contribution is 5.46. The number of nitrogens with two attached hydrogens (primary N) is 1. The van der Waals surface area contributed by atoms with Gasteiger partial charge in [0.1, 0.15) is 0 Å². The molecule has 20 heavy (non-hydrogen) atoms. The van der Waals surface area contributed by atoms with E-state index in [4.69, 9.17) is 5.73 Å². The highest BCUT2D eigenvalue weighted by Gasteiger charge is 2.07. The summed E-state index contributed by atoms with van der Waals surface area (Å²) in [5.41, 5.74) is 8.21. The van der Waals surface area contributed by atoms with Crippen molar-refractivity contribution in [1.82, 2.24) is 9.78 Å². The minimum atomic E-state index is -0.113. The van der Waals surface area contributed by atoms with E-state index in [1.807, 2.05) is 24.3 Å². The van der Waals surface area contributed by atoms with Crippen molar-refractivity contribution in [2.24, 2.45) is 0 Å². The Hall–Kier alpha value is -2.30. The van der Waals surface area contributed by atoms with Gasteiger partial charge in [-0.1, -0.05) is 18.2 Å². The first-order valence-corrected chi connectivity index (χ1v) is 6.81. The Balaban J connectivity index is 2.27. The molecule has 1 heterocycles. The fourth-order valence-corrected chi connectivity index (χ4v) is 2.14. The van der Waals surface area contributed by atoms with Crippen molar-refractivity contribution in [3.05, 3.63) is 52.4 Å². The first-order chi connectivity index (χ1) is 9.65. The molecule has 1 aromatic carbocycles. The molecule has 5 nitrogen and oxygen atoms in total. The van der Waals surface area contributed by atoms with Crippen molar-refractivity contribution in [3.8, 4) is 0 Å². The summed E-state index contributed by atoms with van der Waals surface area (Å²) in [6.07, 6.45) is 1.73. The van der Waals surface area contributed by atoms with Gasteiger partial charge in [-0.3, -0.25) is 4.79 Å². The SMILES string of the molecule is CCN(CC)c1cnn(Cc2ccccc2N)c(=O)c1. The quantitative estimate of drug-likeness (QED) is 0.842. The Bertz CT molecular complexity index is 632. The van der Waals surface area contributed by atoms with Gasteiger partial charge >= 0.3 is 0 Å². The third-order valence-corrected chi connectivity index (χ3v) is 3.36. The fourth-order valence-electron chi connectivity index (χ4n) is 2.14. The van der Waals surface area contributed by atoms with Crippen LogP contribution in [0.4, 0.5) is 11.4 Å². The molecular formula is C15H20N4O. The van der Waals surface area contributed by atoms with Crippen LogP contribution in [0.2, 0.25) is 0 Å². The molecule has 0 fully saturated rings. The standard InChI is InChI=1S/C15H20N4O/c1-3-18(4-2)13-9-15(20)19(17-10-13)11-12-7-5-6-8-14(12)16/h5-10H,3-4,11,16H2,1-2H3. The van der Waals surface area contributed by atoms with Crippen LogP contribution in [-0.2, 0) is 6.54 Å². The lowest BCUT2D eigenvalue weighted by atomic mass is 10.2. The molecular weight excluding hydrogens is 252 g/mol. The summed E-state index contributed by atoms with van der Waals surface area (Å²) < 4.78 is 1.43. The molecule has 0 aliphatic carbocycles. The first kappa shape index (κ1) is 14.1. The van der Waals surface area contributed by atoms with Crippen molar-refractivity contribution < 1.29 is 0 Å². The van der Waals surface area contributed by atoms with Gasteiger partial charge in [-0.2, -0.15) is 5.10 Å². The Morgan fingerprint density at radius 1 is 1.25 bits per heavy atom. The number of para-hydroxylation sites is 1. The van der Waals surface area contributed by atoms with E-state index in [0.29, 0.717) is 12.2 Å². The maximum absolute atomic E-state index is 12.1. The number of anilines is 2. The number of hydrogen-bond donors (Lipinski definition) is 1. The number of rotatable bonds is 5. The summed E-state index contributed by atoms with van der Waals surface area (Å²) in [5.74, 6) is 0. The molecule has 2 rings (SSSR count). The van der Waals surface area contributed by atoms with Crippen molar-refractivity contribution in [1.29, 1.82) is 0 Å². The summed E-state index contributed by atoms with van der Waals surface area (Å²) in [6, 6.07) is 9.13. The molecule has 2 aromatic rings. The average Bonchev–Trinajstić information content (AvgIpc) is 2.45. The lowest BCUT2D eigenvalue weighted by molar-refractivity contribution is 0.637. The third kappa shape index (κ3) is 2.99. The van der Waals surface area contributed by atoms with E-state index in [1.165, 1.54) is 4.68 Å². The predicted molar refractivity (Wildman–Crippen MR) is 82.0 cm³/mol. The molecule has 0 aliphatic rings. The van der Waals surface area contributed by atoms with Gasteiger partial charge in [0.15, 0.2) is 0 Å². The normalized spacial score (nSPS) is 10.5. The Morgan fingerprint density at radius 2 is 1.95 bits per heavy atom. The molecule has 0 spiro atoms. The van der Waals surface area contributed by atoms with E-state index in [9.17, 15) is 4.79 Å². The summed E-state index contributed by atoms with van der Waals surface area (Å²) in [4.78, 5) is 14.2. The molecule has 5 heteroatoms. The van der Waals surface area contributed by atoms with Gasteiger partial charge in [0.25, 0.3) is 5.56 Å². The summed E-state index contributed by atoms with van der Waals surface area (Å²) in [6.45, 7) is 6.21. The van der Waals surface area contributed by atoms with E-state index >= 15 is 0 Å². The first-order valence-electron chi connectivity index (χ1n) is 6.81. The van der Waals surface area contributed by atoms with Gasteiger partial charge in [0.05, 0.1) is 18.4 Å².